The topological polar surface area (TPSA) is 49.9 Å². The minimum atomic E-state index is -0.531. The largest absolute Gasteiger partial charge is 0.444 e. The van der Waals surface area contributed by atoms with Gasteiger partial charge in [-0.1, -0.05) is 30.3 Å². The predicted molar refractivity (Wildman–Crippen MR) is 106 cm³/mol. The maximum atomic E-state index is 13.6. The third-order valence-electron chi connectivity index (χ3n) is 5.65. The first-order valence-electron chi connectivity index (χ1n) is 10.1. The molecule has 0 aromatic heterocycles. The van der Waals surface area contributed by atoms with E-state index in [0.717, 1.165) is 31.5 Å². The number of hydrogen-bond acceptors (Lipinski definition) is 3. The fourth-order valence-electron chi connectivity index (χ4n) is 4.18. The number of benzene rings is 1. The van der Waals surface area contributed by atoms with Crippen molar-refractivity contribution in [3.8, 4) is 0 Å². The van der Waals surface area contributed by atoms with Crippen LogP contribution in [0.3, 0.4) is 0 Å². The second-order valence-corrected chi connectivity index (χ2v) is 8.77. The highest BCUT2D eigenvalue weighted by Crippen LogP contribution is 2.38. The first-order valence-corrected chi connectivity index (χ1v) is 10.1. The number of likely N-dealkylation sites (tertiary alicyclic amines) is 2. The minimum Gasteiger partial charge on any atom is -0.444 e. The zero-order chi connectivity index (χ0) is 19.5. The molecule has 2 heterocycles. The van der Waals surface area contributed by atoms with Gasteiger partial charge in [-0.15, -0.1) is 0 Å². The summed E-state index contributed by atoms with van der Waals surface area (Å²) in [6.45, 7) is 8.42. The fourth-order valence-corrected chi connectivity index (χ4v) is 4.18. The molecule has 3 rings (SSSR count). The zero-order valence-corrected chi connectivity index (χ0v) is 16.9. The van der Waals surface area contributed by atoms with Crippen molar-refractivity contribution in [1.82, 2.24) is 9.80 Å². The van der Waals surface area contributed by atoms with Crippen molar-refractivity contribution < 1.29 is 14.3 Å². The summed E-state index contributed by atoms with van der Waals surface area (Å²) in [4.78, 5) is 29.8. The van der Waals surface area contributed by atoms with Crippen LogP contribution in [0.1, 0.15) is 58.4 Å². The highest BCUT2D eigenvalue weighted by molar-refractivity contribution is 5.89. The van der Waals surface area contributed by atoms with E-state index in [-0.39, 0.29) is 12.0 Å². The summed E-state index contributed by atoms with van der Waals surface area (Å²) in [6.07, 6.45) is 4.38. The Hall–Kier alpha value is -2.04. The Morgan fingerprint density at radius 1 is 0.889 bits per heavy atom. The van der Waals surface area contributed by atoms with Crippen LogP contribution in [0.25, 0.3) is 0 Å². The summed E-state index contributed by atoms with van der Waals surface area (Å²) in [6, 6.07) is 10.1. The van der Waals surface area contributed by atoms with Gasteiger partial charge in [0.2, 0.25) is 5.91 Å². The molecule has 0 spiro atoms. The molecule has 0 saturated carbocycles. The molecule has 148 valence electrons. The number of piperidine rings is 2. The van der Waals surface area contributed by atoms with Gasteiger partial charge in [0, 0.05) is 26.2 Å². The summed E-state index contributed by atoms with van der Waals surface area (Å²) in [5.41, 5.74) is 0.0376. The van der Waals surface area contributed by atoms with E-state index in [9.17, 15) is 9.59 Å². The van der Waals surface area contributed by atoms with Crippen molar-refractivity contribution in [2.75, 3.05) is 26.2 Å². The van der Waals surface area contributed by atoms with Crippen molar-refractivity contribution >= 4 is 12.0 Å². The molecule has 0 unspecified atom stereocenters. The van der Waals surface area contributed by atoms with Gasteiger partial charge in [-0.05, 0) is 58.4 Å². The van der Waals surface area contributed by atoms with Gasteiger partial charge in [0.15, 0.2) is 0 Å². The monoisotopic (exact) mass is 372 g/mol. The minimum absolute atomic E-state index is 0.234. The molecule has 0 bridgehead atoms. The molecule has 0 aliphatic carbocycles. The van der Waals surface area contributed by atoms with Gasteiger partial charge in [-0.2, -0.15) is 0 Å². The van der Waals surface area contributed by atoms with Crippen LogP contribution in [-0.4, -0.2) is 53.6 Å². The van der Waals surface area contributed by atoms with Crippen molar-refractivity contribution in [3.63, 3.8) is 0 Å². The van der Waals surface area contributed by atoms with E-state index in [1.54, 1.807) is 4.90 Å². The molecule has 5 heteroatoms. The molecule has 2 aliphatic rings. The lowest BCUT2D eigenvalue weighted by Gasteiger charge is -2.44. The Labute approximate surface area is 162 Å². The maximum absolute atomic E-state index is 13.6. The Kier molecular flexibility index (Phi) is 5.78. The lowest BCUT2D eigenvalue weighted by Crippen LogP contribution is -2.55. The van der Waals surface area contributed by atoms with Crippen LogP contribution < -0.4 is 0 Å². The average molecular weight is 373 g/mol. The number of ether oxygens (including phenoxy) is 1. The number of amides is 2. The second kappa shape index (κ2) is 7.91. The Morgan fingerprint density at radius 3 is 2.04 bits per heavy atom. The number of carbonyl (C=O) groups excluding carboxylic acids is 2. The van der Waals surface area contributed by atoms with Crippen LogP contribution in [-0.2, 0) is 14.9 Å². The summed E-state index contributed by atoms with van der Waals surface area (Å²) in [5, 5.41) is 0. The van der Waals surface area contributed by atoms with Crippen molar-refractivity contribution in [1.29, 1.82) is 0 Å². The molecule has 0 atom stereocenters. The molecule has 1 aromatic carbocycles. The molecule has 0 N–H and O–H groups in total. The quantitative estimate of drug-likeness (QED) is 0.789. The lowest BCUT2D eigenvalue weighted by molar-refractivity contribution is -0.140. The van der Waals surface area contributed by atoms with Gasteiger partial charge < -0.3 is 14.5 Å². The Morgan fingerprint density at radius 2 is 1.48 bits per heavy atom. The van der Waals surface area contributed by atoms with Crippen molar-refractivity contribution in [2.45, 2.75) is 63.9 Å². The summed E-state index contributed by atoms with van der Waals surface area (Å²) >= 11 is 0. The SMILES string of the molecule is CC(C)(C)OC(=O)N1CCC(C(=O)N2CCCCC2)(c2ccccc2)CC1. The highest BCUT2D eigenvalue weighted by Gasteiger charge is 2.46. The van der Waals surface area contributed by atoms with Gasteiger partial charge in [-0.3, -0.25) is 4.79 Å². The molecular formula is C22H32N2O3. The van der Waals surface area contributed by atoms with Gasteiger partial charge in [0.05, 0.1) is 5.41 Å². The maximum Gasteiger partial charge on any atom is 0.410 e. The molecule has 2 saturated heterocycles. The predicted octanol–water partition coefficient (Wildman–Crippen LogP) is 3.97. The Bertz CT molecular complexity index is 652. The molecule has 2 amide bonds. The normalized spacial score (nSPS) is 20.3. The van der Waals surface area contributed by atoms with E-state index >= 15 is 0 Å². The number of carbonyl (C=O) groups is 2. The van der Waals surface area contributed by atoms with Crippen molar-refractivity contribution in [3.05, 3.63) is 35.9 Å². The first-order chi connectivity index (χ1) is 12.8. The second-order valence-electron chi connectivity index (χ2n) is 8.77. The van der Waals surface area contributed by atoms with Gasteiger partial charge >= 0.3 is 6.09 Å². The molecule has 27 heavy (non-hydrogen) atoms. The molecule has 5 nitrogen and oxygen atoms in total. The highest BCUT2D eigenvalue weighted by atomic mass is 16.6. The molecule has 0 radical (unpaired) electrons. The van der Waals surface area contributed by atoms with Crippen LogP contribution in [0.15, 0.2) is 30.3 Å². The zero-order valence-electron chi connectivity index (χ0n) is 16.9. The van der Waals surface area contributed by atoms with Crippen LogP contribution >= 0.6 is 0 Å². The standard InChI is InChI=1S/C22H32N2O3/c1-21(2,3)27-20(26)24-16-12-22(13-17-24,18-10-6-4-7-11-18)19(25)23-14-8-5-9-15-23/h4,6-7,10-11H,5,8-9,12-17H2,1-3H3. The fraction of sp³-hybridized carbons (Fsp3) is 0.636. The third kappa shape index (κ3) is 4.45. The van der Waals surface area contributed by atoms with E-state index < -0.39 is 11.0 Å². The van der Waals surface area contributed by atoms with Gasteiger partial charge in [0.1, 0.15) is 5.60 Å². The number of rotatable bonds is 2. The average Bonchev–Trinajstić information content (AvgIpc) is 2.67. The number of nitrogens with zero attached hydrogens (tertiary/aromatic N) is 2. The molecule has 1 aromatic rings. The number of hydrogen-bond donors (Lipinski definition) is 0. The summed E-state index contributed by atoms with van der Waals surface area (Å²) in [5.74, 6) is 0.234. The van der Waals surface area contributed by atoms with E-state index in [1.165, 1.54) is 6.42 Å². The van der Waals surface area contributed by atoms with Crippen LogP contribution in [0, 0.1) is 0 Å². The molecular weight excluding hydrogens is 340 g/mol. The molecule has 2 aliphatic heterocycles. The Balaban J connectivity index is 1.79. The van der Waals surface area contributed by atoms with E-state index in [1.807, 2.05) is 43.9 Å². The first kappa shape index (κ1) is 19.7. The molecule has 2 fully saturated rings. The lowest BCUT2D eigenvalue weighted by atomic mass is 9.71. The van der Waals surface area contributed by atoms with Gasteiger partial charge in [-0.25, -0.2) is 4.79 Å². The summed E-state index contributed by atoms with van der Waals surface area (Å²) < 4.78 is 5.52. The van der Waals surface area contributed by atoms with E-state index in [0.29, 0.717) is 25.9 Å². The van der Waals surface area contributed by atoms with Crippen LogP contribution in [0.5, 0.6) is 0 Å². The van der Waals surface area contributed by atoms with Crippen molar-refractivity contribution in [2.24, 2.45) is 0 Å². The van der Waals surface area contributed by atoms with Crippen LogP contribution in [0.4, 0.5) is 4.79 Å². The van der Waals surface area contributed by atoms with Gasteiger partial charge in [0.25, 0.3) is 0 Å². The third-order valence-corrected chi connectivity index (χ3v) is 5.65. The summed E-state index contributed by atoms with van der Waals surface area (Å²) in [7, 11) is 0. The van der Waals surface area contributed by atoms with Crippen LogP contribution in [0.2, 0.25) is 0 Å². The smallest absolute Gasteiger partial charge is 0.410 e. The van der Waals surface area contributed by atoms with E-state index in [4.69, 9.17) is 4.74 Å². The van der Waals surface area contributed by atoms with E-state index in [2.05, 4.69) is 12.1 Å².